The first kappa shape index (κ1) is 26.4. The van der Waals surface area contributed by atoms with Crippen molar-refractivity contribution in [2.45, 2.75) is 19.5 Å². The fourth-order valence-corrected chi connectivity index (χ4v) is 4.50. The second-order valence-electron chi connectivity index (χ2n) is 9.76. The van der Waals surface area contributed by atoms with Gasteiger partial charge in [0.25, 0.3) is 5.56 Å². The Morgan fingerprint density at radius 3 is 2.40 bits per heavy atom. The van der Waals surface area contributed by atoms with Crippen molar-refractivity contribution in [3.05, 3.63) is 111 Å². The monoisotopic (exact) mass is 536 g/mol. The van der Waals surface area contributed by atoms with Gasteiger partial charge < -0.3 is 20.3 Å². The molecule has 2 aromatic heterocycles. The van der Waals surface area contributed by atoms with E-state index >= 15 is 0 Å². The van der Waals surface area contributed by atoms with Gasteiger partial charge in [-0.15, -0.1) is 0 Å². The fraction of sp³-hybridized carbons (Fsp3) is 0.167. The zero-order valence-corrected chi connectivity index (χ0v) is 22.1. The van der Waals surface area contributed by atoms with Crippen molar-refractivity contribution < 1.29 is 14.7 Å². The highest BCUT2D eigenvalue weighted by atomic mass is 16.4. The highest BCUT2D eigenvalue weighted by Gasteiger charge is 2.13. The van der Waals surface area contributed by atoms with Crippen molar-refractivity contribution in [1.82, 2.24) is 24.2 Å². The van der Waals surface area contributed by atoms with Crippen molar-refractivity contribution in [3.8, 4) is 11.3 Å². The van der Waals surface area contributed by atoms with Crippen LogP contribution in [0.3, 0.4) is 0 Å². The second kappa shape index (κ2) is 10.9. The smallest absolute Gasteiger partial charge is 0.335 e. The molecule has 202 valence electrons. The molecule has 3 aromatic carbocycles. The Kier molecular flexibility index (Phi) is 7.15. The number of hydrogen-bond acceptors (Lipinski definition) is 6. The number of benzene rings is 3. The quantitative estimate of drug-likeness (QED) is 0.311. The first-order valence-corrected chi connectivity index (χ1v) is 12.6. The summed E-state index contributed by atoms with van der Waals surface area (Å²) in [6.07, 6.45) is 0.283. The van der Waals surface area contributed by atoms with Gasteiger partial charge in [0.05, 0.1) is 41.8 Å². The number of carboxylic acids is 1. The molecule has 0 unspecified atom stereocenters. The van der Waals surface area contributed by atoms with Crippen LogP contribution in [0.5, 0.6) is 0 Å². The number of carbonyl (C=O) groups is 2. The molecule has 1 amide bonds. The van der Waals surface area contributed by atoms with E-state index in [0.717, 1.165) is 27.7 Å². The predicted octanol–water partition coefficient (Wildman–Crippen LogP) is 3.27. The molecule has 0 spiro atoms. The number of carbonyl (C=O) groups excluding carboxylic acids is 1. The molecule has 5 rings (SSSR count). The lowest BCUT2D eigenvalue weighted by molar-refractivity contribution is -0.127. The Balaban J connectivity index is 1.43. The largest absolute Gasteiger partial charge is 0.478 e. The molecule has 2 heterocycles. The normalized spacial score (nSPS) is 11.1. The molecule has 0 radical (unpaired) electrons. The summed E-state index contributed by atoms with van der Waals surface area (Å²) in [6, 6.07) is 23.0. The van der Waals surface area contributed by atoms with E-state index in [1.807, 2.05) is 47.0 Å². The van der Waals surface area contributed by atoms with E-state index in [4.69, 9.17) is 5.73 Å². The molecular weight excluding hydrogens is 508 g/mol. The van der Waals surface area contributed by atoms with Gasteiger partial charge in [0.1, 0.15) is 0 Å². The Labute approximate surface area is 229 Å². The van der Waals surface area contributed by atoms with E-state index in [1.54, 1.807) is 37.2 Å². The van der Waals surface area contributed by atoms with Crippen LogP contribution in [0.15, 0.2) is 83.7 Å². The minimum Gasteiger partial charge on any atom is -0.478 e. The lowest BCUT2D eigenvalue weighted by atomic mass is 10.1. The van der Waals surface area contributed by atoms with Gasteiger partial charge in [0.2, 0.25) is 11.9 Å². The van der Waals surface area contributed by atoms with Crippen LogP contribution in [-0.4, -0.2) is 55.3 Å². The summed E-state index contributed by atoms with van der Waals surface area (Å²) in [5.74, 6) is -0.654. The summed E-state index contributed by atoms with van der Waals surface area (Å²) in [6.45, 7) is 0.590. The molecular formula is C30H28N6O4. The number of likely N-dealkylation sites (N-methyl/N-ethyl adjacent to an activating group) is 1. The maximum absolute atomic E-state index is 12.5. The SMILES string of the molecule is CN(C)C(=O)Cc1ccc2nc(N)n(Cc3cccc(-c4ccc(=O)n(Cc5cccc(C(=O)O)c5)n4)c3)c2c1. The predicted molar refractivity (Wildman–Crippen MR) is 152 cm³/mol. The van der Waals surface area contributed by atoms with Crippen LogP contribution in [-0.2, 0) is 24.3 Å². The van der Waals surface area contributed by atoms with E-state index in [2.05, 4.69) is 10.1 Å². The van der Waals surface area contributed by atoms with Gasteiger partial charge in [-0.3, -0.25) is 9.59 Å². The highest BCUT2D eigenvalue weighted by molar-refractivity contribution is 5.87. The van der Waals surface area contributed by atoms with E-state index in [-0.39, 0.29) is 30.0 Å². The average Bonchev–Trinajstić information content (AvgIpc) is 3.24. The van der Waals surface area contributed by atoms with Crippen LogP contribution in [0.1, 0.15) is 27.0 Å². The number of carboxylic acid groups (broad SMARTS) is 1. The number of anilines is 1. The minimum atomic E-state index is -1.03. The number of aromatic nitrogens is 4. The average molecular weight is 537 g/mol. The third kappa shape index (κ3) is 5.60. The van der Waals surface area contributed by atoms with E-state index in [0.29, 0.717) is 23.8 Å². The first-order chi connectivity index (χ1) is 19.2. The maximum atomic E-state index is 12.5. The number of aromatic carboxylic acids is 1. The van der Waals surface area contributed by atoms with Gasteiger partial charge in [-0.1, -0.05) is 36.4 Å². The molecule has 5 aromatic rings. The van der Waals surface area contributed by atoms with E-state index in [9.17, 15) is 19.5 Å². The van der Waals surface area contributed by atoms with Crippen LogP contribution in [0.4, 0.5) is 5.95 Å². The molecule has 0 saturated carbocycles. The summed E-state index contributed by atoms with van der Waals surface area (Å²) in [7, 11) is 3.46. The summed E-state index contributed by atoms with van der Waals surface area (Å²) < 4.78 is 3.22. The highest BCUT2D eigenvalue weighted by Crippen LogP contribution is 2.24. The molecule has 3 N–H and O–H groups in total. The summed E-state index contributed by atoms with van der Waals surface area (Å²) in [4.78, 5) is 42.1. The van der Waals surface area contributed by atoms with Crippen molar-refractivity contribution in [1.29, 1.82) is 0 Å². The summed E-state index contributed by atoms with van der Waals surface area (Å²) in [5, 5.41) is 13.8. The number of nitrogens with zero attached hydrogens (tertiary/aromatic N) is 5. The molecule has 10 nitrogen and oxygen atoms in total. The number of fused-ring (bicyclic) bond motifs is 1. The lowest BCUT2D eigenvalue weighted by Gasteiger charge is -2.12. The molecule has 0 saturated heterocycles. The van der Waals surface area contributed by atoms with E-state index < -0.39 is 5.97 Å². The summed E-state index contributed by atoms with van der Waals surface area (Å²) >= 11 is 0. The molecule has 10 heteroatoms. The van der Waals surface area contributed by atoms with Gasteiger partial charge >= 0.3 is 5.97 Å². The van der Waals surface area contributed by atoms with Crippen molar-refractivity contribution in [2.24, 2.45) is 0 Å². The van der Waals surface area contributed by atoms with Crippen LogP contribution >= 0.6 is 0 Å². The molecule has 0 bridgehead atoms. The molecule has 0 aliphatic heterocycles. The molecule has 0 atom stereocenters. The van der Waals surface area contributed by atoms with E-state index in [1.165, 1.54) is 22.9 Å². The van der Waals surface area contributed by atoms with Crippen molar-refractivity contribution in [2.75, 3.05) is 19.8 Å². The van der Waals surface area contributed by atoms with Gasteiger partial charge in [-0.2, -0.15) is 5.10 Å². The standard InChI is InChI=1S/C30H28N6O4/c1-34(2)28(38)16-19-9-10-25-26(15-19)35(30(31)32-25)17-20-5-3-7-22(13-20)24-11-12-27(37)36(33-24)18-21-6-4-8-23(14-21)29(39)40/h3-15H,16-18H2,1-2H3,(H2,31,32)(H,39,40). The Hall–Kier alpha value is -5.25. The molecule has 0 fully saturated rings. The third-order valence-corrected chi connectivity index (χ3v) is 6.63. The van der Waals surface area contributed by atoms with Gasteiger partial charge in [0.15, 0.2) is 0 Å². The van der Waals surface area contributed by atoms with Crippen LogP contribution < -0.4 is 11.3 Å². The zero-order chi connectivity index (χ0) is 28.4. The van der Waals surface area contributed by atoms with Crippen LogP contribution in [0.2, 0.25) is 0 Å². The molecule has 0 aliphatic rings. The van der Waals surface area contributed by atoms with Crippen LogP contribution in [0.25, 0.3) is 22.3 Å². The number of hydrogen-bond donors (Lipinski definition) is 2. The number of imidazole rings is 1. The summed E-state index contributed by atoms with van der Waals surface area (Å²) in [5.41, 5.74) is 11.6. The Morgan fingerprint density at radius 2 is 1.65 bits per heavy atom. The Bertz CT molecular complexity index is 1800. The van der Waals surface area contributed by atoms with Crippen LogP contribution in [0, 0.1) is 0 Å². The Morgan fingerprint density at radius 1 is 0.900 bits per heavy atom. The lowest BCUT2D eigenvalue weighted by Crippen LogP contribution is -2.23. The fourth-order valence-electron chi connectivity index (χ4n) is 4.50. The minimum absolute atomic E-state index is 0.00881. The molecule has 40 heavy (non-hydrogen) atoms. The molecule has 0 aliphatic carbocycles. The number of nitrogen functional groups attached to an aromatic ring is 1. The zero-order valence-electron chi connectivity index (χ0n) is 22.1. The van der Waals surface area contributed by atoms with Crippen molar-refractivity contribution >= 4 is 28.9 Å². The maximum Gasteiger partial charge on any atom is 0.335 e. The van der Waals surface area contributed by atoms with Crippen molar-refractivity contribution in [3.63, 3.8) is 0 Å². The number of amides is 1. The van der Waals surface area contributed by atoms with Gasteiger partial charge in [-0.05, 0) is 53.1 Å². The third-order valence-electron chi connectivity index (χ3n) is 6.63. The topological polar surface area (TPSA) is 136 Å². The number of nitrogens with two attached hydrogens (primary N) is 1. The number of rotatable bonds is 8. The van der Waals surface area contributed by atoms with Gasteiger partial charge in [-0.25, -0.2) is 14.5 Å². The van der Waals surface area contributed by atoms with Gasteiger partial charge in [0, 0.05) is 25.7 Å². The second-order valence-corrected chi connectivity index (χ2v) is 9.76. The first-order valence-electron chi connectivity index (χ1n) is 12.6.